The molecule has 2 saturated heterocycles. The molecule has 3 aliphatic heterocycles. The third-order valence-corrected chi connectivity index (χ3v) is 11.6. The minimum atomic E-state index is -1.34. The van der Waals surface area contributed by atoms with E-state index in [4.69, 9.17) is 23.7 Å². The zero-order chi connectivity index (χ0) is 37.0. The number of rotatable bonds is 10. The molecule has 0 aromatic carbocycles. The van der Waals surface area contributed by atoms with Crippen molar-refractivity contribution < 1.29 is 38.4 Å². The Bertz CT molecular complexity index is 1530. The highest BCUT2D eigenvalue weighted by atomic mass is 16.7. The maximum Gasteiger partial charge on any atom is 0.325 e. The fourth-order valence-corrected chi connectivity index (χ4v) is 8.43. The Kier molecular flexibility index (Phi) is 11.9. The zero-order valence-corrected chi connectivity index (χ0v) is 31.8. The van der Waals surface area contributed by atoms with E-state index in [1.807, 2.05) is 57.2 Å². The van der Waals surface area contributed by atoms with Gasteiger partial charge in [0.1, 0.15) is 24.2 Å². The molecule has 0 unspecified atom stereocenters. The quantitative estimate of drug-likeness (QED) is 0.133. The molecule has 280 valence electrons. The average Bonchev–Trinajstić information content (AvgIpc) is 3.46. The van der Waals surface area contributed by atoms with Crippen molar-refractivity contribution in [1.29, 1.82) is 0 Å². The van der Waals surface area contributed by atoms with Gasteiger partial charge < -0.3 is 34.1 Å². The van der Waals surface area contributed by atoms with Crippen LogP contribution in [-0.2, 0) is 33.3 Å². The number of carbonyl (C=O) groups excluding carboxylic acids is 2. The van der Waals surface area contributed by atoms with Crippen molar-refractivity contribution in [2.45, 2.75) is 123 Å². The van der Waals surface area contributed by atoms with Crippen LogP contribution >= 0.6 is 0 Å². The van der Waals surface area contributed by atoms with Gasteiger partial charge in [0, 0.05) is 25.0 Å². The first-order valence-corrected chi connectivity index (χ1v) is 18.7. The lowest BCUT2D eigenvalue weighted by Crippen LogP contribution is -2.62. The van der Waals surface area contributed by atoms with E-state index in [9.17, 15) is 14.7 Å². The molecule has 3 heterocycles. The third kappa shape index (κ3) is 7.58. The van der Waals surface area contributed by atoms with Gasteiger partial charge in [0.05, 0.1) is 29.9 Å². The predicted octanol–water partition coefficient (Wildman–Crippen LogP) is 7.87. The van der Waals surface area contributed by atoms with Crippen LogP contribution in [0.4, 0.5) is 0 Å². The number of aliphatic hydroxyl groups is 1. The molecule has 8 atom stereocenters. The van der Waals surface area contributed by atoms with E-state index in [2.05, 4.69) is 51.2 Å². The van der Waals surface area contributed by atoms with Crippen LogP contribution in [0.1, 0.15) is 93.4 Å². The predicted molar refractivity (Wildman–Crippen MR) is 197 cm³/mol. The van der Waals surface area contributed by atoms with Crippen LogP contribution in [0.3, 0.4) is 0 Å². The SMILES string of the molecule is CCC/C=C/C=C/C=C/[C@@H]1OC[C@H](C)[C@H](OC)[C@H]1OC(=O)CNC1=C(C)[C@@]23OC=C(C)[C@@]2(C[C@H]2CC/C(O)=C\CC(C)(C)/C=C/C[C@]2(C)O3)C1=O. The average molecular weight is 706 g/mol. The number of carbonyl (C=O) groups is 2. The van der Waals surface area contributed by atoms with Crippen molar-refractivity contribution in [3.05, 3.63) is 83.5 Å². The van der Waals surface area contributed by atoms with Crippen LogP contribution < -0.4 is 5.32 Å². The summed E-state index contributed by atoms with van der Waals surface area (Å²) in [6.07, 6.45) is 23.3. The van der Waals surface area contributed by atoms with Crippen molar-refractivity contribution in [2.75, 3.05) is 20.3 Å². The molecule has 0 radical (unpaired) electrons. The van der Waals surface area contributed by atoms with Gasteiger partial charge in [-0.25, -0.2) is 0 Å². The largest absolute Gasteiger partial charge is 0.513 e. The summed E-state index contributed by atoms with van der Waals surface area (Å²) in [5.74, 6) is -1.70. The minimum Gasteiger partial charge on any atom is -0.513 e. The summed E-state index contributed by atoms with van der Waals surface area (Å²) in [5.41, 5.74) is -0.168. The fraction of sp³-hybridized carbons (Fsp3) is 0.619. The van der Waals surface area contributed by atoms with E-state index in [1.54, 1.807) is 13.4 Å². The summed E-state index contributed by atoms with van der Waals surface area (Å²) < 4.78 is 31.5. The van der Waals surface area contributed by atoms with E-state index in [0.717, 1.165) is 24.8 Å². The summed E-state index contributed by atoms with van der Waals surface area (Å²) in [4.78, 5) is 28.2. The number of hydrogen-bond donors (Lipinski definition) is 2. The van der Waals surface area contributed by atoms with E-state index < -0.39 is 35.0 Å². The number of aliphatic hydroxyl groups excluding tert-OH is 1. The molecule has 2 fully saturated rings. The molecule has 0 spiro atoms. The molecular formula is C42H59NO8. The topological polar surface area (TPSA) is 113 Å². The van der Waals surface area contributed by atoms with Crippen LogP contribution in [-0.4, -0.2) is 66.8 Å². The molecular weight excluding hydrogens is 646 g/mol. The third-order valence-electron chi connectivity index (χ3n) is 11.6. The molecule has 0 bridgehead atoms. The van der Waals surface area contributed by atoms with Crippen molar-refractivity contribution >= 4 is 11.8 Å². The van der Waals surface area contributed by atoms with Gasteiger partial charge in [-0.15, -0.1) is 0 Å². The summed E-state index contributed by atoms with van der Waals surface area (Å²) in [6.45, 7) is 14.5. The fourth-order valence-electron chi connectivity index (χ4n) is 8.43. The summed E-state index contributed by atoms with van der Waals surface area (Å²) in [6, 6.07) is 0. The Labute approximate surface area is 304 Å². The number of fused-ring (bicyclic) bond motifs is 1. The normalized spacial score (nSPS) is 38.4. The monoisotopic (exact) mass is 705 g/mol. The number of ketones is 1. The molecule has 9 nitrogen and oxygen atoms in total. The molecule has 5 aliphatic rings. The van der Waals surface area contributed by atoms with Crippen LogP contribution in [0.5, 0.6) is 0 Å². The first kappa shape index (κ1) is 38.8. The number of esters is 1. The second kappa shape index (κ2) is 15.7. The van der Waals surface area contributed by atoms with Crippen molar-refractivity contribution in [3.63, 3.8) is 0 Å². The van der Waals surface area contributed by atoms with Gasteiger partial charge in [-0.2, -0.15) is 0 Å². The second-order valence-corrected chi connectivity index (χ2v) is 15.9. The lowest BCUT2D eigenvalue weighted by atomic mass is 9.61. The van der Waals surface area contributed by atoms with Crippen molar-refractivity contribution in [3.8, 4) is 0 Å². The highest BCUT2D eigenvalue weighted by Crippen LogP contribution is 2.66. The van der Waals surface area contributed by atoms with E-state index in [-0.39, 0.29) is 35.7 Å². The van der Waals surface area contributed by atoms with E-state index >= 15 is 0 Å². The number of nitrogens with one attached hydrogen (secondary N) is 1. The maximum absolute atomic E-state index is 14.6. The molecule has 5 rings (SSSR count). The number of methoxy groups -OCH3 is 1. The van der Waals surface area contributed by atoms with Gasteiger partial charge in [0.15, 0.2) is 11.9 Å². The first-order chi connectivity index (χ1) is 24.2. The molecule has 2 N–H and O–H groups in total. The van der Waals surface area contributed by atoms with Gasteiger partial charge in [-0.1, -0.05) is 82.7 Å². The van der Waals surface area contributed by atoms with Gasteiger partial charge in [-0.05, 0) is 75.9 Å². The molecule has 2 aliphatic carbocycles. The van der Waals surface area contributed by atoms with E-state index in [0.29, 0.717) is 49.3 Å². The second-order valence-electron chi connectivity index (χ2n) is 15.9. The molecule has 0 aromatic rings. The lowest BCUT2D eigenvalue weighted by Gasteiger charge is -2.54. The smallest absolute Gasteiger partial charge is 0.325 e. The van der Waals surface area contributed by atoms with Crippen LogP contribution in [0.2, 0.25) is 0 Å². The first-order valence-electron chi connectivity index (χ1n) is 18.7. The van der Waals surface area contributed by atoms with Gasteiger partial charge in [0.2, 0.25) is 0 Å². The van der Waals surface area contributed by atoms with Crippen LogP contribution in [0.25, 0.3) is 0 Å². The van der Waals surface area contributed by atoms with Gasteiger partial charge >= 0.3 is 5.97 Å². The molecule has 0 saturated carbocycles. The molecule has 9 heteroatoms. The highest BCUT2D eigenvalue weighted by Gasteiger charge is 2.75. The molecule has 0 aromatic heterocycles. The number of ether oxygens (including phenoxy) is 5. The van der Waals surface area contributed by atoms with Crippen molar-refractivity contribution in [2.24, 2.45) is 22.7 Å². The van der Waals surface area contributed by atoms with Crippen LogP contribution in [0.15, 0.2) is 83.5 Å². The van der Waals surface area contributed by atoms with Crippen molar-refractivity contribution in [1.82, 2.24) is 5.32 Å². The van der Waals surface area contributed by atoms with Gasteiger partial charge in [0.25, 0.3) is 5.79 Å². The minimum absolute atomic E-state index is 0.0126. The summed E-state index contributed by atoms with van der Waals surface area (Å²) in [5, 5.41) is 13.9. The Morgan fingerprint density at radius 2 is 1.88 bits per heavy atom. The summed E-state index contributed by atoms with van der Waals surface area (Å²) >= 11 is 0. The lowest BCUT2D eigenvalue weighted by molar-refractivity contribution is -0.309. The number of Topliss-reactive ketones (excluding diaryl/α,β-unsaturated/α-hetero) is 1. The Hall–Kier alpha value is -3.40. The molecule has 51 heavy (non-hydrogen) atoms. The molecule has 0 amide bonds. The highest BCUT2D eigenvalue weighted by molar-refractivity contribution is 6.07. The Morgan fingerprint density at radius 3 is 2.63 bits per heavy atom. The Balaban J connectivity index is 1.35. The van der Waals surface area contributed by atoms with Crippen LogP contribution in [0, 0.1) is 22.7 Å². The van der Waals surface area contributed by atoms with Gasteiger partial charge in [-0.3, -0.25) is 9.59 Å². The Morgan fingerprint density at radius 1 is 1.12 bits per heavy atom. The van der Waals surface area contributed by atoms with E-state index in [1.165, 1.54) is 0 Å². The number of unbranched alkanes of at least 4 members (excludes halogenated alkanes) is 1. The summed E-state index contributed by atoms with van der Waals surface area (Å²) in [7, 11) is 1.62. The maximum atomic E-state index is 14.6. The number of allylic oxidation sites excluding steroid dienone is 9. The standard InChI is InChI=1S/C42H59NO8/c1-9-10-11-12-13-14-15-17-33-37(36(47-8)28(2)26-48-33)50-34(45)25-43-35-30(4)42-41(38(35)46,29(3)27-49-42)24-31-18-19-32(44)20-23-39(5,6)21-16-22-40(31,7)51-42/h11-17,20-21,27-28,31,33,36-37,43-44H,9-10,18-19,22-26H2,1-8H3/b12-11+,14-13+,17-15+,21-16+,32-20+/t28-,31+,33-,36-,37-,40-,41-,42-/m0/s1. The number of hydrogen-bond acceptors (Lipinski definition) is 9. The zero-order valence-electron chi connectivity index (χ0n) is 31.8.